The molecule has 0 unspecified atom stereocenters. The number of aryl methyl sites for hydroxylation is 1. The van der Waals surface area contributed by atoms with Crippen molar-refractivity contribution >= 4 is 29.2 Å². The number of aromatic nitrogens is 4. The van der Waals surface area contributed by atoms with Crippen LogP contribution in [0.4, 0.5) is 23.2 Å². The number of tetrazole rings is 1. The summed E-state index contributed by atoms with van der Waals surface area (Å²) in [4.78, 5) is 26.1. The summed E-state index contributed by atoms with van der Waals surface area (Å²) in [5.41, 5.74) is -5.14. The van der Waals surface area contributed by atoms with Gasteiger partial charge in [0.05, 0.1) is 24.8 Å². The number of rotatable bonds is 7. The third-order valence-electron chi connectivity index (χ3n) is 5.37. The number of H-pyrrole nitrogens is 1. The van der Waals surface area contributed by atoms with E-state index in [0.29, 0.717) is 22.9 Å². The van der Waals surface area contributed by atoms with E-state index < -0.39 is 41.7 Å². The molecule has 9 nitrogen and oxygen atoms in total. The normalized spacial score (nSPS) is 17.4. The maximum atomic E-state index is 16.6. The van der Waals surface area contributed by atoms with E-state index in [2.05, 4.69) is 20.6 Å². The number of esters is 1. The Morgan fingerprint density at radius 2 is 1.97 bits per heavy atom. The summed E-state index contributed by atoms with van der Waals surface area (Å²) in [6.07, 6.45) is -4.88. The molecule has 0 fully saturated rings. The summed E-state index contributed by atoms with van der Waals surface area (Å²) in [6, 6.07) is 6.05. The van der Waals surface area contributed by atoms with E-state index in [1.165, 1.54) is 19.2 Å². The van der Waals surface area contributed by atoms with Crippen molar-refractivity contribution in [3.8, 4) is 5.75 Å². The van der Waals surface area contributed by atoms with Crippen molar-refractivity contribution in [1.82, 2.24) is 20.6 Å². The number of aromatic amines is 1. The molecule has 1 N–H and O–H groups in total. The van der Waals surface area contributed by atoms with Gasteiger partial charge in [0.1, 0.15) is 11.6 Å². The highest BCUT2D eigenvalue weighted by Gasteiger charge is 2.55. The molecule has 14 heteroatoms. The Morgan fingerprint density at radius 3 is 2.63 bits per heavy atom. The van der Waals surface area contributed by atoms with Crippen LogP contribution in [0.15, 0.2) is 36.4 Å². The molecular formula is C21H16ClF4N5O4. The molecule has 0 radical (unpaired) electrons. The second-order valence-corrected chi connectivity index (χ2v) is 7.90. The monoisotopic (exact) mass is 513 g/mol. The molecule has 4 rings (SSSR count). The van der Waals surface area contributed by atoms with Crippen LogP contribution in [-0.4, -0.2) is 46.3 Å². The van der Waals surface area contributed by atoms with E-state index in [1.807, 2.05) is 0 Å². The highest BCUT2D eigenvalue weighted by Crippen LogP contribution is 2.51. The minimum atomic E-state index is -4.76. The summed E-state index contributed by atoms with van der Waals surface area (Å²) < 4.78 is 67.0. The zero-order chi connectivity index (χ0) is 25.4. The lowest BCUT2D eigenvalue weighted by atomic mass is 9.88. The molecule has 0 spiro atoms. The molecule has 1 aliphatic heterocycles. The van der Waals surface area contributed by atoms with Gasteiger partial charge in [-0.15, -0.1) is 5.10 Å². The van der Waals surface area contributed by atoms with Crippen LogP contribution in [0.3, 0.4) is 0 Å². The number of hydrogen-bond acceptors (Lipinski definition) is 7. The van der Waals surface area contributed by atoms with E-state index in [1.54, 1.807) is 0 Å². The molecule has 1 aliphatic rings. The van der Waals surface area contributed by atoms with Crippen molar-refractivity contribution in [3.05, 3.63) is 63.9 Å². The lowest BCUT2D eigenvalue weighted by Gasteiger charge is -2.23. The van der Waals surface area contributed by atoms with E-state index in [4.69, 9.17) is 21.1 Å². The number of nitrogens with zero attached hydrogens (tertiary/aromatic N) is 4. The first-order chi connectivity index (χ1) is 16.6. The van der Waals surface area contributed by atoms with Gasteiger partial charge in [0, 0.05) is 22.6 Å². The number of carbonyl (C=O) groups excluding carboxylic acids is 2. The van der Waals surface area contributed by atoms with E-state index >= 15 is 4.39 Å². The van der Waals surface area contributed by atoms with Crippen molar-refractivity contribution in [2.45, 2.75) is 24.7 Å². The fourth-order valence-corrected chi connectivity index (χ4v) is 3.86. The van der Waals surface area contributed by atoms with Crippen LogP contribution in [0.5, 0.6) is 5.75 Å². The quantitative estimate of drug-likeness (QED) is 0.380. The number of amides is 1. The van der Waals surface area contributed by atoms with Gasteiger partial charge >= 0.3 is 12.1 Å². The van der Waals surface area contributed by atoms with Crippen LogP contribution < -0.4 is 9.64 Å². The van der Waals surface area contributed by atoms with E-state index in [-0.39, 0.29) is 34.7 Å². The molecule has 184 valence electrons. The topological polar surface area (TPSA) is 110 Å². The van der Waals surface area contributed by atoms with Gasteiger partial charge in [-0.05, 0) is 40.8 Å². The largest absolute Gasteiger partial charge is 0.496 e. The summed E-state index contributed by atoms with van der Waals surface area (Å²) in [5.74, 6) is -1.81. The number of methoxy groups -OCH3 is 1. The molecule has 2 heterocycles. The van der Waals surface area contributed by atoms with Crippen LogP contribution in [0.1, 0.15) is 28.9 Å². The van der Waals surface area contributed by atoms with Crippen LogP contribution in [0.2, 0.25) is 5.02 Å². The molecule has 2 aromatic carbocycles. The molecule has 1 atom stereocenters. The maximum absolute atomic E-state index is 16.6. The Kier molecular flexibility index (Phi) is 6.36. The first-order valence-electron chi connectivity index (χ1n) is 10.0. The van der Waals surface area contributed by atoms with Crippen LogP contribution in [0.25, 0.3) is 0 Å². The third-order valence-corrected chi connectivity index (χ3v) is 5.60. The van der Waals surface area contributed by atoms with Gasteiger partial charge in [-0.3, -0.25) is 14.5 Å². The maximum Gasteiger partial charge on any atom is 0.416 e. The van der Waals surface area contributed by atoms with Gasteiger partial charge in [-0.25, -0.2) is 9.49 Å². The van der Waals surface area contributed by atoms with Gasteiger partial charge in [0.2, 0.25) is 5.67 Å². The van der Waals surface area contributed by atoms with Crippen molar-refractivity contribution in [2.24, 2.45) is 0 Å². The third kappa shape index (κ3) is 4.50. The minimum absolute atomic E-state index is 0.0457. The Balaban J connectivity index is 1.70. The van der Waals surface area contributed by atoms with Gasteiger partial charge in [-0.2, -0.15) is 13.2 Å². The molecule has 1 aromatic heterocycles. The van der Waals surface area contributed by atoms with Crippen LogP contribution in [0, 0.1) is 0 Å². The number of anilines is 1. The molecule has 0 saturated heterocycles. The average Bonchev–Trinajstić information content (AvgIpc) is 3.41. The number of fused-ring (bicyclic) bond motifs is 1. The zero-order valence-electron chi connectivity index (χ0n) is 17.9. The Labute approximate surface area is 200 Å². The van der Waals surface area contributed by atoms with Gasteiger partial charge in [0.15, 0.2) is 6.73 Å². The molecule has 0 bridgehead atoms. The van der Waals surface area contributed by atoms with Gasteiger partial charge < -0.3 is 9.47 Å². The molecule has 35 heavy (non-hydrogen) atoms. The van der Waals surface area contributed by atoms with E-state index in [9.17, 15) is 22.8 Å². The average molecular weight is 514 g/mol. The predicted octanol–water partition coefficient (Wildman–Crippen LogP) is 3.57. The van der Waals surface area contributed by atoms with Gasteiger partial charge in [-0.1, -0.05) is 17.7 Å². The number of benzene rings is 2. The van der Waals surface area contributed by atoms with Crippen molar-refractivity contribution in [2.75, 3.05) is 18.7 Å². The second-order valence-electron chi connectivity index (χ2n) is 7.46. The number of nitrogens with one attached hydrogen (secondary N) is 1. The standard InChI is InChI=1S/C21H16ClF4N5O4/c1-34-16-5-3-12(22)9-14(16)20(23)13-4-2-11(21(24,25)26)8-15(13)31(19(20)33)10-35-18(32)7-6-17-27-29-30-28-17/h2-5,8-9H,6-7,10H2,1H3,(H,27,28,29,30)/t20-/m0/s1. The van der Waals surface area contributed by atoms with Crippen LogP contribution in [-0.2, 0) is 32.6 Å². The lowest BCUT2D eigenvalue weighted by Crippen LogP contribution is -2.40. The number of alkyl halides is 4. The molecule has 1 amide bonds. The number of hydrogen-bond donors (Lipinski definition) is 1. The minimum Gasteiger partial charge on any atom is -0.496 e. The Hall–Kier alpha value is -3.74. The summed E-state index contributed by atoms with van der Waals surface area (Å²) in [7, 11) is 1.24. The second kappa shape index (κ2) is 9.13. The zero-order valence-corrected chi connectivity index (χ0v) is 18.7. The first-order valence-corrected chi connectivity index (χ1v) is 10.4. The Bertz CT molecular complexity index is 1270. The smallest absolute Gasteiger partial charge is 0.416 e. The summed E-state index contributed by atoms with van der Waals surface area (Å²) in [5, 5.41) is 12.9. The fraction of sp³-hybridized carbons (Fsp3) is 0.286. The first kappa shape index (κ1) is 24.4. The highest BCUT2D eigenvalue weighted by atomic mass is 35.5. The fourth-order valence-electron chi connectivity index (χ4n) is 3.68. The number of halogens is 5. The van der Waals surface area contributed by atoms with Crippen LogP contribution >= 0.6 is 11.6 Å². The molecular weight excluding hydrogens is 498 g/mol. The van der Waals surface area contributed by atoms with Crippen molar-refractivity contribution in [1.29, 1.82) is 0 Å². The predicted molar refractivity (Wildman–Crippen MR) is 112 cm³/mol. The molecule has 3 aromatic rings. The molecule has 0 aliphatic carbocycles. The summed E-state index contributed by atoms with van der Waals surface area (Å²) >= 11 is 6.01. The SMILES string of the molecule is COc1ccc(Cl)cc1[C@]1(F)C(=O)N(COC(=O)CCc2nnn[nH]2)c2cc(C(F)(F)F)ccc21. The number of carbonyl (C=O) groups is 2. The molecule has 0 saturated carbocycles. The van der Waals surface area contributed by atoms with Crippen molar-refractivity contribution < 1.29 is 36.6 Å². The Morgan fingerprint density at radius 1 is 1.20 bits per heavy atom. The number of ether oxygens (including phenoxy) is 2. The highest BCUT2D eigenvalue weighted by molar-refractivity contribution is 6.30. The summed E-state index contributed by atoms with van der Waals surface area (Å²) in [6.45, 7) is -0.824. The lowest BCUT2D eigenvalue weighted by molar-refractivity contribution is -0.144. The van der Waals surface area contributed by atoms with E-state index in [0.717, 1.165) is 12.1 Å². The van der Waals surface area contributed by atoms with Crippen molar-refractivity contribution in [3.63, 3.8) is 0 Å². The van der Waals surface area contributed by atoms with Gasteiger partial charge in [0.25, 0.3) is 5.91 Å².